The molecule has 0 spiro atoms. The minimum atomic E-state index is -2.87. The molecule has 0 radical (unpaired) electrons. The number of aliphatic hydroxyl groups is 1. The highest BCUT2D eigenvalue weighted by Crippen LogP contribution is 2.22. The van der Waals surface area contributed by atoms with E-state index in [1.165, 1.54) is 0 Å². The van der Waals surface area contributed by atoms with Crippen LogP contribution in [0.4, 0.5) is 0 Å². The van der Waals surface area contributed by atoms with Crippen molar-refractivity contribution in [3.8, 4) is 0 Å². The molecule has 2 rings (SSSR count). The summed E-state index contributed by atoms with van der Waals surface area (Å²) in [4.78, 5) is 37.8. The van der Waals surface area contributed by atoms with Crippen LogP contribution in [0, 0.1) is 17.8 Å². The first-order chi connectivity index (χ1) is 17.6. The van der Waals surface area contributed by atoms with E-state index in [1.807, 2.05) is 60.3 Å². The van der Waals surface area contributed by atoms with Gasteiger partial charge in [-0.2, -0.15) is 0 Å². The molecule has 2 aliphatic heterocycles. The Morgan fingerprint density at radius 3 is 1.46 bits per heavy atom. The summed E-state index contributed by atoms with van der Waals surface area (Å²) in [6.45, 7) is 21.7. The van der Waals surface area contributed by atoms with E-state index in [9.17, 15) is 27.9 Å². The zero-order valence-corrected chi connectivity index (χ0v) is 27.0. The molecule has 9 nitrogen and oxygen atoms in total. The Hall–Kier alpha value is -1.68. The number of hydrogen-bond donors (Lipinski definition) is 1. The molecule has 2 aliphatic rings. The van der Waals surface area contributed by atoms with E-state index in [4.69, 9.17) is 4.74 Å². The summed E-state index contributed by atoms with van der Waals surface area (Å²) in [5.74, 6) is 1.59. The number of amides is 2. The van der Waals surface area contributed by atoms with E-state index in [0.717, 1.165) is 0 Å². The van der Waals surface area contributed by atoms with Gasteiger partial charge >= 0.3 is 5.97 Å². The number of esters is 1. The van der Waals surface area contributed by atoms with Crippen molar-refractivity contribution in [2.45, 2.75) is 113 Å². The Morgan fingerprint density at radius 2 is 1.13 bits per heavy atom. The number of nitrogens with zero attached hydrogens (tertiary/aromatic N) is 2. The fourth-order valence-electron chi connectivity index (χ4n) is 3.87. The number of hydrogen-bond acceptors (Lipinski definition) is 7. The lowest BCUT2D eigenvalue weighted by Gasteiger charge is -2.36. The van der Waals surface area contributed by atoms with Crippen LogP contribution < -0.4 is 0 Å². The summed E-state index contributed by atoms with van der Waals surface area (Å²) in [5, 5.41) is 9.72. The van der Waals surface area contributed by atoms with E-state index in [0.29, 0.717) is 76.0 Å². The van der Waals surface area contributed by atoms with Crippen LogP contribution in [0.1, 0.15) is 101 Å². The number of carbonyl (C=O) groups excluding carboxylic acids is 3. The number of sulfone groups is 1. The summed E-state index contributed by atoms with van der Waals surface area (Å²) in [7, 11) is -2.87. The van der Waals surface area contributed by atoms with Crippen LogP contribution in [-0.4, -0.2) is 90.0 Å². The lowest BCUT2D eigenvalue weighted by molar-refractivity contribution is -0.155. The van der Waals surface area contributed by atoms with Gasteiger partial charge in [0.2, 0.25) is 11.8 Å². The van der Waals surface area contributed by atoms with Crippen LogP contribution in [0.25, 0.3) is 0 Å². The van der Waals surface area contributed by atoms with Gasteiger partial charge in [-0.1, -0.05) is 41.5 Å². The first-order valence-corrected chi connectivity index (χ1v) is 16.1. The minimum Gasteiger partial charge on any atom is -0.460 e. The van der Waals surface area contributed by atoms with Crippen LogP contribution in [0.15, 0.2) is 0 Å². The summed E-state index contributed by atoms with van der Waals surface area (Å²) in [6, 6.07) is 0. The summed E-state index contributed by atoms with van der Waals surface area (Å²) < 4.78 is 27.3. The van der Waals surface area contributed by atoms with Crippen molar-refractivity contribution in [3.05, 3.63) is 0 Å². The summed E-state index contributed by atoms with van der Waals surface area (Å²) in [6.07, 6.45) is 3.06. The van der Waals surface area contributed by atoms with Gasteiger partial charge in [0.15, 0.2) is 9.84 Å². The maximum Gasteiger partial charge on any atom is 0.306 e. The van der Waals surface area contributed by atoms with Crippen molar-refractivity contribution in [1.29, 1.82) is 0 Å². The Kier molecular flexibility index (Phi) is 15.8. The SMILES string of the molecule is CC(C)CC(=O)N1CCC(C)(O)CC1.CC(C)CC(=O)N1CCS(=O)(=O)CC1.CC(C)CC(=O)OC(C)(C)C. The third-order valence-corrected chi connectivity index (χ3v) is 7.66. The normalized spacial score (nSPS) is 18.6. The van der Waals surface area contributed by atoms with Crippen LogP contribution in [-0.2, 0) is 29.0 Å². The molecule has 2 saturated heterocycles. The number of rotatable bonds is 6. The Bertz CT molecular complexity index is 851. The van der Waals surface area contributed by atoms with Crippen molar-refractivity contribution >= 4 is 27.6 Å². The molecular formula is C29H56N2O7S. The Morgan fingerprint density at radius 1 is 0.769 bits per heavy atom. The van der Waals surface area contributed by atoms with Crippen LogP contribution >= 0.6 is 0 Å². The molecule has 0 atom stereocenters. The quantitative estimate of drug-likeness (QED) is 0.473. The van der Waals surface area contributed by atoms with E-state index in [-0.39, 0.29) is 34.9 Å². The molecule has 0 aromatic carbocycles. The highest BCUT2D eigenvalue weighted by molar-refractivity contribution is 7.91. The molecule has 1 N–H and O–H groups in total. The van der Waals surface area contributed by atoms with Crippen molar-refractivity contribution in [3.63, 3.8) is 0 Å². The lowest BCUT2D eigenvalue weighted by atomic mass is 9.93. The van der Waals surface area contributed by atoms with E-state index >= 15 is 0 Å². The van der Waals surface area contributed by atoms with Gasteiger partial charge in [0, 0.05) is 45.4 Å². The van der Waals surface area contributed by atoms with E-state index in [2.05, 4.69) is 13.8 Å². The van der Waals surface area contributed by atoms with Gasteiger partial charge in [0.05, 0.1) is 17.1 Å². The van der Waals surface area contributed by atoms with Crippen molar-refractivity contribution in [2.24, 2.45) is 17.8 Å². The molecule has 10 heteroatoms. The molecule has 230 valence electrons. The standard InChI is InChI=1S/C11H21NO2.C9H17NO3S.C9H18O2/c1-9(2)8-10(13)12-6-4-11(3,14)5-7-12;1-8(2)7-9(11)10-3-5-14(12,13)6-4-10;1-7(2)6-8(10)11-9(3,4)5/h9,14H,4-8H2,1-3H3;8H,3-7H2,1-2H3;7H,6H2,1-5H3. The average molecular weight is 577 g/mol. The first kappa shape index (κ1) is 37.3. The predicted octanol–water partition coefficient (Wildman–Crippen LogP) is 4.07. The molecule has 39 heavy (non-hydrogen) atoms. The monoisotopic (exact) mass is 576 g/mol. The second kappa shape index (κ2) is 16.6. The fourth-order valence-corrected chi connectivity index (χ4v) is 5.07. The van der Waals surface area contributed by atoms with Crippen LogP contribution in [0.3, 0.4) is 0 Å². The van der Waals surface area contributed by atoms with Gasteiger partial charge in [-0.3, -0.25) is 14.4 Å². The predicted molar refractivity (Wildman–Crippen MR) is 156 cm³/mol. The third kappa shape index (κ3) is 19.1. The Balaban J connectivity index is 0.000000561. The molecule has 0 aromatic heterocycles. The fraction of sp³-hybridized carbons (Fsp3) is 0.897. The molecule has 0 saturated carbocycles. The largest absolute Gasteiger partial charge is 0.460 e. The molecular weight excluding hydrogens is 520 g/mol. The molecule has 2 amide bonds. The third-order valence-electron chi connectivity index (χ3n) is 6.05. The topological polar surface area (TPSA) is 121 Å². The van der Waals surface area contributed by atoms with Crippen molar-refractivity contribution in [1.82, 2.24) is 9.80 Å². The number of carbonyl (C=O) groups is 3. The van der Waals surface area contributed by atoms with E-state index in [1.54, 1.807) is 4.90 Å². The molecule has 2 fully saturated rings. The number of ether oxygens (including phenoxy) is 1. The second-order valence-electron chi connectivity index (χ2n) is 13.3. The molecule has 0 aromatic rings. The van der Waals surface area contributed by atoms with Crippen LogP contribution in [0.5, 0.6) is 0 Å². The highest BCUT2D eigenvalue weighted by atomic mass is 32.2. The average Bonchev–Trinajstić information content (AvgIpc) is 2.71. The van der Waals surface area contributed by atoms with Gasteiger partial charge in [0.1, 0.15) is 5.60 Å². The summed E-state index contributed by atoms with van der Waals surface area (Å²) in [5.41, 5.74) is -0.902. The zero-order chi connectivity index (χ0) is 30.6. The first-order valence-electron chi connectivity index (χ1n) is 14.3. The maximum atomic E-state index is 11.7. The molecule has 0 aliphatic carbocycles. The summed E-state index contributed by atoms with van der Waals surface area (Å²) >= 11 is 0. The number of likely N-dealkylation sites (tertiary alicyclic amines) is 1. The molecule has 0 unspecified atom stereocenters. The zero-order valence-electron chi connectivity index (χ0n) is 26.2. The van der Waals surface area contributed by atoms with Crippen molar-refractivity contribution in [2.75, 3.05) is 37.7 Å². The van der Waals surface area contributed by atoms with Crippen molar-refractivity contribution < 1.29 is 32.6 Å². The highest BCUT2D eigenvalue weighted by Gasteiger charge is 2.29. The second-order valence-corrected chi connectivity index (χ2v) is 15.6. The molecule has 2 heterocycles. The Labute approximate surface area is 237 Å². The minimum absolute atomic E-state index is 0.0786. The van der Waals surface area contributed by atoms with Crippen LogP contribution in [0.2, 0.25) is 0 Å². The van der Waals surface area contributed by atoms with Gasteiger partial charge < -0.3 is 19.6 Å². The van der Waals surface area contributed by atoms with E-state index < -0.39 is 15.4 Å². The van der Waals surface area contributed by atoms with Gasteiger partial charge in [-0.25, -0.2) is 8.42 Å². The number of piperidine rings is 1. The smallest absolute Gasteiger partial charge is 0.306 e. The molecule has 0 bridgehead atoms. The van der Waals surface area contributed by atoms with Gasteiger partial charge in [-0.15, -0.1) is 0 Å². The van der Waals surface area contributed by atoms with Gasteiger partial charge in [-0.05, 0) is 58.3 Å². The van der Waals surface area contributed by atoms with Gasteiger partial charge in [0.25, 0.3) is 0 Å². The lowest BCUT2D eigenvalue weighted by Crippen LogP contribution is -2.45. The maximum absolute atomic E-state index is 11.7.